The highest BCUT2D eigenvalue weighted by Gasteiger charge is 2.29. The van der Waals surface area contributed by atoms with Crippen LogP contribution in [0.4, 0.5) is 23.7 Å². The molecule has 1 aromatic rings. The largest absolute Gasteiger partial charge is 0.482 e. The highest BCUT2D eigenvalue weighted by molar-refractivity contribution is 5.91. The highest BCUT2D eigenvalue weighted by atomic mass is 19.4. The molecule has 1 aliphatic heterocycles. The number of para-hydroxylation sites is 2. The number of aliphatic hydroxyl groups is 1. The number of hydrogen-bond donors (Lipinski definition) is 2. The van der Waals surface area contributed by atoms with E-state index >= 15 is 0 Å². The fourth-order valence-corrected chi connectivity index (χ4v) is 2.45. The van der Waals surface area contributed by atoms with Gasteiger partial charge in [0.2, 0.25) is 0 Å². The number of ether oxygens (including phenoxy) is 1. The number of halogens is 3. The van der Waals surface area contributed by atoms with E-state index in [0.717, 1.165) is 12.8 Å². The number of rotatable bonds is 4. The summed E-state index contributed by atoms with van der Waals surface area (Å²) in [5.41, 5.74) is 0.188. The van der Waals surface area contributed by atoms with Crippen LogP contribution in [0.1, 0.15) is 12.8 Å². The van der Waals surface area contributed by atoms with Crippen molar-refractivity contribution in [3.63, 3.8) is 0 Å². The Labute approximate surface area is 132 Å². The molecular weight excluding hydrogens is 313 g/mol. The number of aliphatic hydroxyl groups excluding tert-OH is 1. The van der Waals surface area contributed by atoms with Gasteiger partial charge in [-0.05, 0) is 30.9 Å². The maximum Gasteiger partial charge on any atom is 0.422 e. The zero-order valence-corrected chi connectivity index (χ0v) is 12.5. The summed E-state index contributed by atoms with van der Waals surface area (Å²) < 4.78 is 41.5. The van der Waals surface area contributed by atoms with Gasteiger partial charge in [-0.2, -0.15) is 13.2 Å². The van der Waals surface area contributed by atoms with E-state index in [1.807, 2.05) is 0 Å². The first-order chi connectivity index (χ1) is 10.9. The zero-order chi connectivity index (χ0) is 16.9. The van der Waals surface area contributed by atoms with E-state index in [2.05, 4.69) is 5.32 Å². The van der Waals surface area contributed by atoms with Crippen molar-refractivity contribution >= 4 is 11.7 Å². The van der Waals surface area contributed by atoms with Crippen LogP contribution in [0.3, 0.4) is 0 Å². The number of nitrogens with zero attached hydrogens (tertiary/aromatic N) is 1. The van der Waals surface area contributed by atoms with Crippen LogP contribution < -0.4 is 10.1 Å². The van der Waals surface area contributed by atoms with Gasteiger partial charge in [-0.15, -0.1) is 0 Å². The van der Waals surface area contributed by atoms with Crippen molar-refractivity contribution in [1.29, 1.82) is 0 Å². The van der Waals surface area contributed by atoms with Crippen LogP contribution in [0, 0.1) is 5.92 Å². The first-order valence-electron chi connectivity index (χ1n) is 7.34. The first kappa shape index (κ1) is 17.4. The summed E-state index contributed by atoms with van der Waals surface area (Å²) in [6, 6.07) is 5.57. The van der Waals surface area contributed by atoms with Gasteiger partial charge in [-0.1, -0.05) is 12.1 Å². The van der Waals surface area contributed by atoms with Crippen molar-refractivity contribution in [1.82, 2.24) is 4.90 Å². The van der Waals surface area contributed by atoms with Gasteiger partial charge < -0.3 is 20.1 Å². The third-order valence-electron chi connectivity index (χ3n) is 3.58. The number of carbonyl (C=O) groups excluding carboxylic acids is 1. The van der Waals surface area contributed by atoms with E-state index in [1.54, 1.807) is 11.0 Å². The molecule has 5 nitrogen and oxygen atoms in total. The first-order valence-corrected chi connectivity index (χ1v) is 7.34. The number of anilines is 1. The van der Waals surface area contributed by atoms with E-state index in [1.165, 1.54) is 18.2 Å². The van der Waals surface area contributed by atoms with Gasteiger partial charge in [0, 0.05) is 19.7 Å². The Morgan fingerprint density at radius 1 is 1.39 bits per heavy atom. The number of carbonyl (C=O) groups is 1. The fourth-order valence-electron chi connectivity index (χ4n) is 2.45. The molecule has 2 amide bonds. The fraction of sp³-hybridized carbons (Fsp3) is 0.533. The third-order valence-corrected chi connectivity index (χ3v) is 3.58. The summed E-state index contributed by atoms with van der Waals surface area (Å²) in [4.78, 5) is 13.8. The van der Waals surface area contributed by atoms with Crippen LogP contribution in [0.25, 0.3) is 0 Å². The standard InChI is InChI=1S/C15H19F3N2O3/c16-15(17,18)10-23-13-6-2-1-5-12(13)19-14(22)20-7-3-4-11(8-20)9-21/h1-2,5-6,11,21H,3-4,7-10H2,(H,19,22). The monoisotopic (exact) mass is 332 g/mol. The minimum absolute atomic E-state index is 0.00899. The molecule has 128 valence electrons. The molecule has 1 saturated heterocycles. The minimum Gasteiger partial charge on any atom is -0.482 e. The smallest absolute Gasteiger partial charge is 0.422 e. The van der Waals surface area contributed by atoms with Crippen LogP contribution in [0.2, 0.25) is 0 Å². The van der Waals surface area contributed by atoms with Crippen LogP contribution in [0.15, 0.2) is 24.3 Å². The normalized spacial score (nSPS) is 18.6. The number of nitrogens with one attached hydrogen (secondary N) is 1. The lowest BCUT2D eigenvalue weighted by Gasteiger charge is -2.32. The van der Waals surface area contributed by atoms with Gasteiger partial charge in [0.15, 0.2) is 6.61 Å². The predicted molar refractivity (Wildman–Crippen MR) is 78.4 cm³/mol. The molecule has 23 heavy (non-hydrogen) atoms. The Balaban J connectivity index is 2.00. The van der Waals surface area contributed by atoms with Crippen LogP contribution in [0.5, 0.6) is 5.75 Å². The predicted octanol–water partition coefficient (Wildman–Crippen LogP) is 2.86. The van der Waals surface area contributed by atoms with Crippen LogP contribution >= 0.6 is 0 Å². The molecule has 1 heterocycles. The van der Waals surface area contributed by atoms with Gasteiger partial charge >= 0.3 is 12.2 Å². The topological polar surface area (TPSA) is 61.8 Å². The molecule has 0 aliphatic carbocycles. The summed E-state index contributed by atoms with van der Waals surface area (Å²) in [5, 5.41) is 11.8. The maximum atomic E-state index is 12.3. The number of amides is 2. The molecule has 1 atom stereocenters. The molecule has 0 bridgehead atoms. The van der Waals surface area contributed by atoms with Gasteiger partial charge in [-0.3, -0.25) is 0 Å². The van der Waals surface area contributed by atoms with Gasteiger partial charge in [0.25, 0.3) is 0 Å². The summed E-state index contributed by atoms with van der Waals surface area (Å²) in [5.74, 6) is 0.000107. The Kier molecular flexibility index (Phi) is 5.70. The summed E-state index contributed by atoms with van der Waals surface area (Å²) in [6.45, 7) is -0.437. The van der Waals surface area contributed by atoms with E-state index < -0.39 is 18.8 Å². The molecule has 0 spiro atoms. The lowest BCUT2D eigenvalue weighted by molar-refractivity contribution is -0.153. The van der Waals surface area contributed by atoms with Gasteiger partial charge in [-0.25, -0.2) is 4.79 Å². The van der Waals surface area contributed by atoms with Crippen molar-refractivity contribution in [3.05, 3.63) is 24.3 Å². The van der Waals surface area contributed by atoms with Crippen molar-refractivity contribution in [2.75, 3.05) is 31.6 Å². The van der Waals surface area contributed by atoms with E-state index in [9.17, 15) is 23.1 Å². The van der Waals surface area contributed by atoms with Gasteiger partial charge in [0.1, 0.15) is 5.75 Å². The van der Waals surface area contributed by atoms with Crippen LogP contribution in [-0.2, 0) is 0 Å². The van der Waals surface area contributed by atoms with E-state index in [4.69, 9.17) is 4.74 Å². The lowest BCUT2D eigenvalue weighted by Crippen LogP contribution is -2.43. The highest BCUT2D eigenvalue weighted by Crippen LogP contribution is 2.27. The molecule has 1 aliphatic rings. The zero-order valence-electron chi connectivity index (χ0n) is 12.5. The molecule has 2 N–H and O–H groups in total. The quantitative estimate of drug-likeness (QED) is 0.891. The average Bonchev–Trinajstić information content (AvgIpc) is 2.53. The van der Waals surface area contributed by atoms with Crippen molar-refractivity contribution in [2.45, 2.75) is 19.0 Å². The van der Waals surface area contributed by atoms with Crippen molar-refractivity contribution in [2.24, 2.45) is 5.92 Å². The number of benzene rings is 1. The molecule has 0 saturated carbocycles. The number of alkyl halides is 3. The number of piperidine rings is 1. The maximum absolute atomic E-state index is 12.3. The molecule has 0 radical (unpaired) electrons. The Bertz CT molecular complexity index is 537. The minimum atomic E-state index is -4.45. The molecule has 8 heteroatoms. The number of urea groups is 1. The lowest BCUT2D eigenvalue weighted by atomic mass is 9.99. The second-order valence-electron chi connectivity index (χ2n) is 5.47. The molecule has 1 fully saturated rings. The Hall–Kier alpha value is -1.96. The van der Waals surface area contributed by atoms with Gasteiger partial charge in [0.05, 0.1) is 5.69 Å². The molecule has 1 aromatic carbocycles. The summed E-state index contributed by atoms with van der Waals surface area (Å²) in [6.07, 6.45) is -2.81. The van der Waals surface area contributed by atoms with Crippen molar-refractivity contribution in [3.8, 4) is 5.75 Å². The molecule has 1 unspecified atom stereocenters. The SMILES string of the molecule is O=C(Nc1ccccc1OCC(F)(F)F)N1CCCC(CO)C1. The van der Waals surface area contributed by atoms with Crippen LogP contribution in [-0.4, -0.2) is 48.5 Å². The third kappa shape index (κ3) is 5.31. The number of hydrogen-bond acceptors (Lipinski definition) is 3. The Morgan fingerprint density at radius 3 is 2.83 bits per heavy atom. The number of likely N-dealkylation sites (tertiary alicyclic amines) is 1. The van der Waals surface area contributed by atoms with E-state index in [0.29, 0.717) is 13.1 Å². The molecule has 2 rings (SSSR count). The molecule has 0 aromatic heterocycles. The van der Waals surface area contributed by atoms with Crippen molar-refractivity contribution < 1.29 is 27.8 Å². The van der Waals surface area contributed by atoms with E-state index in [-0.39, 0.29) is 24.0 Å². The second-order valence-corrected chi connectivity index (χ2v) is 5.47. The summed E-state index contributed by atoms with van der Waals surface area (Å²) >= 11 is 0. The second kappa shape index (κ2) is 7.54. The average molecular weight is 332 g/mol. The molecular formula is C15H19F3N2O3. The Morgan fingerprint density at radius 2 is 2.13 bits per heavy atom. The summed E-state index contributed by atoms with van der Waals surface area (Å²) in [7, 11) is 0.